The van der Waals surface area contributed by atoms with Crippen molar-refractivity contribution >= 4 is 67.1 Å². The summed E-state index contributed by atoms with van der Waals surface area (Å²) >= 11 is 7.42. The molecule has 1 atom stereocenters. The molecule has 3 aromatic rings. The average Bonchev–Trinajstić information content (AvgIpc) is 3.27. The number of halogens is 1. The van der Waals surface area contributed by atoms with Crippen LogP contribution in [0.3, 0.4) is 0 Å². The van der Waals surface area contributed by atoms with Crippen molar-refractivity contribution in [2.24, 2.45) is 0 Å². The zero-order valence-corrected chi connectivity index (χ0v) is 20.3. The van der Waals surface area contributed by atoms with Gasteiger partial charge in [0.1, 0.15) is 0 Å². The number of benzene rings is 2. The number of aryl methyl sites for hydroxylation is 1. The molecule has 0 amide bonds. The molecule has 4 rings (SSSR count). The van der Waals surface area contributed by atoms with E-state index in [4.69, 9.17) is 11.6 Å². The first kappa shape index (κ1) is 20.0. The second-order valence-electron chi connectivity index (χ2n) is 6.64. The SMILES string of the molecule is CCN1c2ccccc2[Se]C1CC=C(Cl)C=Cc1[se]c2ccccc2[n+]1CC. The quantitative estimate of drug-likeness (QED) is 0.271. The fourth-order valence-corrected chi connectivity index (χ4v) is 8.97. The average molecular weight is 522 g/mol. The van der Waals surface area contributed by atoms with Crippen LogP contribution in [0.15, 0.2) is 65.7 Å². The molecule has 0 bridgehead atoms. The first-order valence-electron chi connectivity index (χ1n) is 9.68. The normalized spacial score (nSPS) is 17.0. The molecule has 1 aliphatic heterocycles. The van der Waals surface area contributed by atoms with Crippen LogP contribution in [0.25, 0.3) is 15.9 Å². The molecule has 2 nitrogen and oxygen atoms in total. The molecular formula is C23H24ClN2Se2+. The predicted octanol–water partition coefficient (Wildman–Crippen LogP) is 3.93. The third-order valence-corrected chi connectivity index (χ3v) is 10.4. The van der Waals surface area contributed by atoms with Crippen LogP contribution in [0, 0.1) is 0 Å². The summed E-state index contributed by atoms with van der Waals surface area (Å²) in [7, 11) is 0. The summed E-state index contributed by atoms with van der Waals surface area (Å²) in [6, 6.07) is 17.5. The van der Waals surface area contributed by atoms with Gasteiger partial charge in [-0.3, -0.25) is 0 Å². The Kier molecular flexibility index (Phi) is 6.45. The van der Waals surface area contributed by atoms with Crippen molar-refractivity contribution in [3.63, 3.8) is 0 Å². The molecule has 0 saturated carbocycles. The van der Waals surface area contributed by atoms with Gasteiger partial charge in [-0.2, -0.15) is 0 Å². The van der Waals surface area contributed by atoms with E-state index in [0.717, 1.165) is 24.5 Å². The summed E-state index contributed by atoms with van der Waals surface area (Å²) in [5, 5.41) is 0.845. The van der Waals surface area contributed by atoms with Crippen LogP contribution >= 0.6 is 11.6 Å². The molecule has 5 heteroatoms. The van der Waals surface area contributed by atoms with E-state index in [0.29, 0.717) is 34.4 Å². The number of para-hydroxylation sites is 2. The molecule has 0 aliphatic carbocycles. The molecular weight excluding hydrogens is 498 g/mol. The molecule has 0 radical (unpaired) electrons. The summed E-state index contributed by atoms with van der Waals surface area (Å²) in [5.41, 5.74) is 2.77. The van der Waals surface area contributed by atoms with Crippen LogP contribution in [0.4, 0.5) is 5.69 Å². The van der Waals surface area contributed by atoms with E-state index >= 15 is 0 Å². The van der Waals surface area contributed by atoms with Gasteiger partial charge < -0.3 is 0 Å². The Balaban J connectivity index is 1.48. The number of anilines is 1. The van der Waals surface area contributed by atoms with Crippen molar-refractivity contribution in [2.45, 2.75) is 31.8 Å². The van der Waals surface area contributed by atoms with Crippen LogP contribution in [0.1, 0.15) is 24.8 Å². The van der Waals surface area contributed by atoms with Gasteiger partial charge in [0.05, 0.1) is 0 Å². The van der Waals surface area contributed by atoms with Crippen LogP contribution < -0.4 is 13.9 Å². The van der Waals surface area contributed by atoms with Crippen LogP contribution in [-0.2, 0) is 6.54 Å². The number of hydrogen-bond donors (Lipinski definition) is 0. The van der Waals surface area contributed by atoms with E-state index in [-0.39, 0.29) is 0 Å². The first-order valence-corrected chi connectivity index (χ1v) is 13.6. The van der Waals surface area contributed by atoms with E-state index in [9.17, 15) is 0 Å². The van der Waals surface area contributed by atoms with E-state index in [1.165, 1.54) is 24.5 Å². The second-order valence-corrected chi connectivity index (χ2v) is 11.9. The minimum atomic E-state index is 0.357. The van der Waals surface area contributed by atoms with Crippen molar-refractivity contribution in [3.8, 4) is 0 Å². The zero-order valence-electron chi connectivity index (χ0n) is 16.1. The Morgan fingerprint density at radius 3 is 2.75 bits per heavy atom. The van der Waals surface area contributed by atoms with Crippen LogP contribution in [-0.4, -0.2) is 40.9 Å². The standard InChI is InChI=1S/C23H24ClN2Se2/c1-3-25-18-9-5-7-11-20(18)27-22(25)15-13-17(24)14-16-23-26(4-2)19-10-6-8-12-21(19)28-23/h5-15,23H,3-4,16H2,1-2H3/q+1. The molecule has 0 spiro atoms. The number of fused-ring (bicyclic) bond motifs is 2. The van der Waals surface area contributed by atoms with Crippen molar-refractivity contribution in [3.05, 3.63) is 70.3 Å². The molecule has 144 valence electrons. The number of hydrogen-bond acceptors (Lipinski definition) is 1. The Hall–Kier alpha value is -1.28. The van der Waals surface area contributed by atoms with Gasteiger partial charge in [-0.25, -0.2) is 0 Å². The van der Waals surface area contributed by atoms with Crippen molar-refractivity contribution in [2.75, 3.05) is 11.4 Å². The van der Waals surface area contributed by atoms with Gasteiger partial charge in [0.2, 0.25) is 0 Å². The van der Waals surface area contributed by atoms with Crippen LogP contribution in [0.2, 0.25) is 0 Å². The summed E-state index contributed by atoms with van der Waals surface area (Å²) < 4.78 is 6.77. The molecule has 2 aromatic carbocycles. The predicted molar refractivity (Wildman–Crippen MR) is 123 cm³/mol. The molecule has 2 heterocycles. The van der Waals surface area contributed by atoms with Gasteiger partial charge in [-0.05, 0) is 0 Å². The number of aromatic nitrogens is 1. The fourth-order valence-electron chi connectivity index (χ4n) is 3.64. The fraction of sp³-hybridized carbons (Fsp3) is 0.261. The Morgan fingerprint density at radius 2 is 1.93 bits per heavy atom. The Bertz CT molecular complexity index is 1040. The monoisotopic (exact) mass is 523 g/mol. The van der Waals surface area contributed by atoms with Crippen molar-refractivity contribution in [1.29, 1.82) is 0 Å². The van der Waals surface area contributed by atoms with E-state index < -0.39 is 0 Å². The first-order chi connectivity index (χ1) is 13.7. The summed E-state index contributed by atoms with van der Waals surface area (Å²) in [6.45, 7) is 6.50. The Labute approximate surface area is 184 Å². The number of nitrogens with zero attached hydrogens (tertiary/aromatic N) is 2. The maximum atomic E-state index is 6.58. The molecule has 0 saturated heterocycles. The minimum absolute atomic E-state index is 0.357. The van der Waals surface area contributed by atoms with Gasteiger partial charge in [0, 0.05) is 0 Å². The summed E-state index contributed by atoms with van der Waals surface area (Å²) in [4.78, 5) is 3.10. The zero-order chi connectivity index (χ0) is 19.5. The van der Waals surface area contributed by atoms with Gasteiger partial charge in [0.15, 0.2) is 0 Å². The van der Waals surface area contributed by atoms with Gasteiger partial charge in [-0.1, -0.05) is 0 Å². The van der Waals surface area contributed by atoms with Crippen molar-refractivity contribution in [1.82, 2.24) is 0 Å². The maximum absolute atomic E-state index is 6.58. The van der Waals surface area contributed by atoms with Crippen molar-refractivity contribution < 1.29 is 4.57 Å². The topological polar surface area (TPSA) is 7.12 Å². The molecule has 1 aliphatic rings. The molecule has 1 unspecified atom stereocenters. The molecule has 0 fully saturated rings. The van der Waals surface area contributed by atoms with E-state index in [1.54, 1.807) is 0 Å². The summed E-state index contributed by atoms with van der Waals surface area (Å²) in [5.74, 6) is 0. The molecule has 28 heavy (non-hydrogen) atoms. The molecule has 0 N–H and O–H groups in total. The van der Waals surface area contributed by atoms with Crippen LogP contribution in [0.5, 0.6) is 0 Å². The third kappa shape index (κ3) is 4.03. The number of allylic oxidation sites excluding steroid dienone is 2. The van der Waals surface area contributed by atoms with E-state index in [2.05, 4.69) is 90.1 Å². The third-order valence-electron chi connectivity index (χ3n) is 4.98. The molecule has 1 aromatic heterocycles. The van der Waals surface area contributed by atoms with E-state index in [1.807, 2.05) is 0 Å². The number of rotatable bonds is 6. The Morgan fingerprint density at radius 1 is 1.14 bits per heavy atom. The van der Waals surface area contributed by atoms with Gasteiger partial charge >= 0.3 is 185 Å². The van der Waals surface area contributed by atoms with Gasteiger partial charge in [0.25, 0.3) is 0 Å². The second kappa shape index (κ2) is 9.03. The summed E-state index contributed by atoms with van der Waals surface area (Å²) in [6.07, 6.45) is 7.50. The van der Waals surface area contributed by atoms with Gasteiger partial charge in [-0.15, -0.1) is 0 Å².